The van der Waals surface area contributed by atoms with E-state index >= 15 is 0 Å². The fraction of sp³-hybridized carbons (Fsp3) is 0.818. The second-order valence-electron chi connectivity index (χ2n) is 4.33. The molecule has 1 aliphatic rings. The molecule has 5 nitrogen and oxygen atoms in total. The Hall–Kier alpha value is -1.10. The highest BCUT2D eigenvalue weighted by atomic mass is 16.2. The van der Waals surface area contributed by atoms with Crippen molar-refractivity contribution in [3.63, 3.8) is 0 Å². The van der Waals surface area contributed by atoms with Crippen LogP contribution in [0.15, 0.2) is 0 Å². The summed E-state index contributed by atoms with van der Waals surface area (Å²) in [4.78, 5) is 24.7. The van der Waals surface area contributed by atoms with Crippen LogP contribution in [0.2, 0.25) is 0 Å². The normalized spacial score (nSPS) is 22.7. The maximum atomic E-state index is 11.7. The number of hydrogen-bond donors (Lipinski definition) is 2. The molecule has 0 radical (unpaired) electrons. The molecule has 1 saturated heterocycles. The van der Waals surface area contributed by atoms with E-state index in [0.717, 1.165) is 19.4 Å². The Labute approximate surface area is 96.4 Å². The summed E-state index contributed by atoms with van der Waals surface area (Å²) in [6.07, 6.45) is 2.35. The van der Waals surface area contributed by atoms with Crippen LogP contribution in [-0.2, 0) is 9.59 Å². The molecule has 1 fully saturated rings. The van der Waals surface area contributed by atoms with Crippen molar-refractivity contribution in [3.8, 4) is 0 Å². The van der Waals surface area contributed by atoms with Crippen LogP contribution in [0.1, 0.15) is 33.1 Å². The van der Waals surface area contributed by atoms with Crippen molar-refractivity contribution >= 4 is 11.8 Å². The number of nitrogens with one attached hydrogen (secondary N) is 1. The lowest BCUT2D eigenvalue weighted by atomic mass is 10.0. The second kappa shape index (κ2) is 5.84. The van der Waals surface area contributed by atoms with Crippen molar-refractivity contribution in [2.24, 2.45) is 5.73 Å². The number of piperidine rings is 1. The average Bonchev–Trinajstić information content (AvgIpc) is 2.28. The number of likely N-dealkylation sites (tertiary alicyclic amines) is 1. The van der Waals surface area contributed by atoms with Gasteiger partial charge in [0.05, 0.1) is 6.04 Å². The van der Waals surface area contributed by atoms with Crippen LogP contribution < -0.4 is 11.1 Å². The van der Waals surface area contributed by atoms with Gasteiger partial charge in [0.15, 0.2) is 0 Å². The zero-order valence-corrected chi connectivity index (χ0v) is 10.0. The number of carbonyl (C=O) groups is 2. The maximum Gasteiger partial charge on any atom is 0.239 e. The minimum atomic E-state index is -0.458. The molecule has 16 heavy (non-hydrogen) atoms. The standard InChI is InChI=1S/C11H21N3O2/c1-3-10(15)13-9-5-4-6-14(7-9)11(16)8(2)12/h8-9H,3-7,12H2,1-2H3,(H,13,15)/t8-,9?/m1/s1. The molecule has 0 aromatic carbocycles. The molecule has 0 spiro atoms. The average molecular weight is 227 g/mol. The third kappa shape index (κ3) is 3.48. The van der Waals surface area contributed by atoms with Gasteiger partial charge in [0.25, 0.3) is 0 Å². The number of nitrogens with two attached hydrogens (primary N) is 1. The molecule has 0 aromatic heterocycles. The van der Waals surface area contributed by atoms with Gasteiger partial charge in [0, 0.05) is 25.6 Å². The molecule has 1 unspecified atom stereocenters. The first-order chi connectivity index (χ1) is 7.54. The summed E-state index contributed by atoms with van der Waals surface area (Å²) in [5.41, 5.74) is 5.56. The third-order valence-electron chi connectivity index (χ3n) is 2.81. The van der Waals surface area contributed by atoms with Gasteiger partial charge in [-0.3, -0.25) is 9.59 Å². The summed E-state index contributed by atoms with van der Waals surface area (Å²) in [6, 6.07) is -0.371. The second-order valence-corrected chi connectivity index (χ2v) is 4.33. The Balaban J connectivity index is 2.47. The number of carbonyl (C=O) groups excluding carboxylic acids is 2. The summed E-state index contributed by atoms with van der Waals surface area (Å²) in [7, 11) is 0. The molecule has 1 aliphatic heterocycles. The topological polar surface area (TPSA) is 75.4 Å². The van der Waals surface area contributed by atoms with Crippen LogP contribution in [0.4, 0.5) is 0 Å². The highest BCUT2D eigenvalue weighted by Crippen LogP contribution is 2.11. The van der Waals surface area contributed by atoms with Crippen molar-refractivity contribution in [3.05, 3.63) is 0 Å². The molecule has 0 aromatic rings. The van der Waals surface area contributed by atoms with Gasteiger partial charge < -0.3 is 16.0 Å². The third-order valence-corrected chi connectivity index (χ3v) is 2.81. The van der Waals surface area contributed by atoms with Gasteiger partial charge in [0.1, 0.15) is 0 Å². The lowest BCUT2D eigenvalue weighted by Gasteiger charge is -2.34. The summed E-state index contributed by atoms with van der Waals surface area (Å²) in [5.74, 6) is 0.00976. The maximum absolute atomic E-state index is 11.7. The van der Waals surface area contributed by atoms with E-state index in [4.69, 9.17) is 5.73 Å². The van der Waals surface area contributed by atoms with E-state index in [1.54, 1.807) is 11.8 Å². The Bertz CT molecular complexity index is 266. The predicted molar refractivity (Wildman–Crippen MR) is 61.7 cm³/mol. The number of hydrogen-bond acceptors (Lipinski definition) is 3. The highest BCUT2D eigenvalue weighted by molar-refractivity contribution is 5.81. The van der Waals surface area contributed by atoms with Crippen LogP contribution in [0.3, 0.4) is 0 Å². The van der Waals surface area contributed by atoms with E-state index in [1.165, 1.54) is 0 Å². The van der Waals surface area contributed by atoms with Gasteiger partial charge in [-0.25, -0.2) is 0 Å². The van der Waals surface area contributed by atoms with E-state index in [0.29, 0.717) is 13.0 Å². The van der Waals surface area contributed by atoms with Gasteiger partial charge in [0.2, 0.25) is 11.8 Å². The summed E-state index contributed by atoms with van der Waals surface area (Å²) in [5, 5.41) is 2.92. The van der Waals surface area contributed by atoms with E-state index in [2.05, 4.69) is 5.32 Å². The lowest BCUT2D eigenvalue weighted by molar-refractivity contribution is -0.134. The molecule has 3 N–H and O–H groups in total. The fourth-order valence-electron chi connectivity index (χ4n) is 1.91. The Morgan fingerprint density at radius 3 is 2.81 bits per heavy atom. The fourth-order valence-corrected chi connectivity index (χ4v) is 1.91. The van der Waals surface area contributed by atoms with Gasteiger partial charge >= 0.3 is 0 Å². The van der Waals surface area contributed by atoms with Crippen molar-refractivity contribution in [1.29, 1.82) is 0 Å². The molecule has 0 saturated carbocycles. The quantitative estimate of drug-likeness (QED) is 0.704. The van der Waals surface area contributed by atoms with Gasteiger partial charge in [-0.05, 0) is 19.8 Å². The molecule has 5 heteroatoms. The molecule has 92 valence electrons. The summed E-state index contributed by atoms with van der Waals surface area (Å²) < 4.78 is 0. The monoisotopic (exact) mass is 227 g/mol. The van der Waals surface area contributed by atoms with Gasteiger partial charge in [-0.15, -0.1) is 0 Å². The molecule has 1 rings (SSSR count). The van der Waals surface area contributed by atoms with Crippen LogP contribution in [0.5, 0.6) is 0 Å². The van der Waals surface area contributed by atoms with Crippen LogP contribution >= 0.6 is 0 Å². The Morgan fingerprint density at radius 1 is 1.56 bits per heavy atom. The van der Waals surface area contributed by atoms with Crippen molar-refractivity contribution in [1.82, 2.24) is 10.2 Å². The first kappa shape index (κ1) is 13.0. The van der Waals surface area contributed by atoms with E-state index in [1.807, 2.05) is 6.92 Å². The van der Waals surface area contributed by atoms with Gasteiger partial charge in [-0.1, -0.05) is 6.92 Å². The van der Waals surface area contributed by atoms with E-state index in [-0.39, 0.29) is 17.9 Å². The van der Waals surface area contributed by atoms with E-state index < -0.39 is 6.04 Å². The largest absolute Gasteiger partial charge is 0.352 e. The van der Waals surface area contributed by atoms with Crippen molar-refractivity contribution in [2.75, 3.05) is 13.1 Å². The molecule has 2 amide bonds. The number of rotatable bonds is 3. The summed E-state index contributed by atoms with van der Waals surface area (Å²) in [6.45, 7) is 4.85. The van der Waals surface area contributed by atoms with Gasteiger partial charge in [-0.2, -0.15) is 0 Å². The van der Waals surface area contributed by atoms with Crippen LogP contribution in [0.25, 0.3) is 0 Å². The molecule has 1 heterocycles. The molecule has 0 bridgehead atoms. The SMILES string of the molecule is CCC(=O)NC1CCCN(C(=O)[C@@H](C)N)C1. The molecular weight excluding hydrogens is 206 g/mol. The molecule has 2 atom stereocenters. The van der Waals surface area contributed by atoms with Crippen LogP contribution in [0, 0.1) is 0 Å². The lowest BCUT2D eigenvalue weighted by Crippen LogP contribution is -2.52. The highest BCUT2D eigenvalue weighted by Gasteiger charge is 2.25. The number of nitrogens with zero attached hydrogens (tertiary/aromatic N) is 1. The zero-order chi connectivity index (χ0) is 12.1. The first-order valence-electron chi connectivity index (χ1n) is 5.88. The van der Waals surface area contributed by atoms with E-state index in [9.17, 15) is 9.59 Å². The molecular formula is C11H21N3O2. The minimum absolute atomic E-state index is 0.0320. The predicted octanol–water partition coefficient (Wildman–Crippen LogP) is -0.149. The smallest absolute Gasteiger partial charge is 0.239 e. The molecule has 0 aliphatic carbocycles. The Morgan fingerprint density at radius 2 is 2.25 bits per heavy atom. The van der Waals surface area contributed by atoms with Crippen molar-refractivity contribution < 1.29 is 9.59 Å². The first-order valence-corrected chi connectivity index (χ1v) is 5.88. The van der Waals surface area contributed by atoms with Crippen LogP contribution in [-0.4, -0.2) is 41.9 Å². The van der Waals surface area contributed by atoms with Crippen molar-refractivity contribution in [2.45, 2.75) is 45.2 Å². The zero-order valence-electron chi connectivity index (χ0n) is 10.0. The minimum Gasteiger partial charge on any atom is -0.352 e. The summed E-state index contributed by atoms with van der Waals surface area (Å²) >= 11 is 0. The number of amides is 2. The Kier molecular flexibility index (Phi) is 4.73.